The minimum atomic E-state index is -1.19. The van der Waals surface area contributed by atoms with Gasteiger partial charge in [-0.1, -0.05) is 0 Å². The highest BCUT2D eigenvalue weighted by Gasteiger charge is 2.31. The molecule has 1 heterocycles. The number of carboxylic acid groups (broad SMARTS) is 1. The minimum Gasteiger partial charge on any atom is -0.480 e. The van der Waals surface area contributed by atoms with Crippen molar-refractivity contribution in [2.24, 2.45) is 0 Å². The quantitative estimate of drug-likeness (QED) is 0.687. The lowest BCUT2D eigenvalue weighted by molar-refractivity contribution is -0.143. The highest BCUT2D eigenvalue weighted by atomic mass is 16.4. The van der Waals surface area contributed by atoms with E-state index in [2.05, 4.69) is 5.32 Å². The number of carbonyl (C=O) groups excluding carboxylic acids is 1. The van der Waals surface area contributed by atoms with E-state index < -0.39 is 11.5 Å². The number of hydrogen-bond acceptors (Lipinski definition) is 2. The number of hydrogen-bond donors (Lipinski definition) is 2. The van der Waals surface area contributed by atoms with Gasteiger partial charge in [-0.3, -0.25) is 0 Å². The van der Waals surface area contributed by atoms with E-state index in [4.69, 9.17) is 5.11 Å². The molecule has 1 fully saturated rings. The highest BCUT2D eigenvalue weighted by Crippen LogP contribution is 2.09. The standard InChI is InChI=1S/C9H16N2O3/c1-9(2,7(12)13)10-8(14)11-5-3-4-6-11/h3-6H2,1-2H3,(H,10,14)(H,12,13). The van der Waals surface area contributed by atoms with Gasteiger partial charge < -0.3 is 15.3 Å². The molecule has 1 aliphatic rings. The van der Waals surface area contributed by atoms with Gasteiger partial charge in [0.05, 0.1) is 0 Å². The molecule has 0 aromatic rings. The smallest absolute Gasteiger partial charge is 0.328 e. The highest BCUT2D eigenvalue weighted by molar-refractivity contribution is 5.85. The van der Waals surface area contributed by atoms with Crippen LogP contribution in [0.2, 0.25) is 0 Å². The van der Waals surface area contributed by atoms with E-state index in [-0.39, 0.29) is 6.03 Å². The van der Waals surface area contributed by atoms with E-state index >= 15 is 0 Å². The molecule has 5 heteroatoms. The largest absolute Gasteiger partial charge is 0.480 e. The molecule has 14 heavy (non-hydrogen) atoms. The monoisotopic (exact) mass is 200 g/mol. The summed E-state index contributed by atoms with van der Waals surface area (Å²) in [5.41, 5.74) is -1.19. The van der Waals surface area contributed by atoms with Gasteiger partial charge in [0.15, 0.2) is 0 Å². The predicted molar refractivity (Wildman–Crippen MR) is 51.1 cm³/mol. The number of carbonyl (C=O) groups is 2. The molecule has 2 amide bonds. The first-order valence-corrected chi connectivity index (χ1v) is 4.74. The van der Waals surface area contributed by atoms with E-state index in [0.29, 0.717) is 0 Å². The van der Waals surface area contributed by atoms with Crippen molar-refractivity contribution in [3.63, 3.8) is 0 Å². The zero-order chi connectivity index (χ0) is 10.8. The molecule has 1 rings (SSSR count). The Kier molecular flexibility index (Phi) is 2.98. The van der Waals surface area contributed by atoms with Crippen molar-refractivity contribution in [1.29, 1.82) is 0 Å². The Hall–Kier alpha value is -1.26. The predicted octanol–water partition coefficient (Wildman–Crippen LogP) is 0.655. The molecule has 1 saturated heterocycles. The molecule has 0 spiro atoms. The lowest BCUT2D eigenvalue weighted by Gasteiger charge is -2.25. The summed E-state index contributed by atoms with van der Waals surface area (Å²) >= 11 is 0. The first-order valence-electron chi connectivity index (χ1n) is 4.74. The minimum absolute atomic E-state index is 0.282. The number of nitrogens with zero attached hydrogens (tertiary/aromatic N) is 1. The Morgan fingerprint density at radius 1 is 1.29 bits per heavy atom. The van der Waals surface area contributed by atoms with Crippen molar-refractivity contribution in [3.05, 3.63) is 0 Å². The summed E-state index contributed by atoms with van der Waals surface area (Å²) in [5, 5.41) is 11.3. The molecule has 5 nitrogen and oxygen atoms in total. The fourth-order valence-corrected chi connectivity index (χ4v) is 1.32. The number of rotatable bonds is 2. The molecule has 0 aromatic carbocycles. The second-order valence-corrected chi connectivity index (χ2v) is 4.05. The molecule has 0 atom stereocenters. The van der Waals surface area contributed by atoms with Gasteiger partial charge in [-0.2, -0.15) is 0 Å². The van der Waals surface area contributed by atoms with Gasteiger partial charge in [0, 0.05) is 13.1 Å². The van der Waals surface area contributed by atoms with E-state index in [9.17, 15) is 9.59 Å². The molecule has 0 bridgehead atoms. The zero-order valence-electron chi connectivity index (χ0n) is 8.54. The van der Waals surface area contributed by atoms with Crippen molar-refractivity contribution >= 4 is 12.0 Å². The lowest BCUT2D eigenvalue weighted by Crippen LogP contribution is -2.53. The molecule has 0 unspecified atom stereocenters. The second kappa shape index (κ2) is 3.86. The van der Waals surface area contributed by atoms with Gasteiger partial charge in [0.25, 0.3) is 0 Å². The van der Waals surface area contributed by atoms with Crippen LogP contribution < -0.4 is 5.32 Å². The number of nitrogens with one attached hydrogen (secondary N) is 1. The van der Waals surface area contributed by atoms with Crippen LogP contribution in [-0.4, -0.2) is 40.6 Å². The first kappa shape index (κ1) is 10.8. The van der Waals surface area contributed by atoms with Crippen LogP contribution in [0.25, 0.3) is 0 Å². The number of likely N-dealkylation sites (tertiary alicyclic amines) is 1. The van der Waals surface area contributed by atoms with Crippen LogP contribution in [0, 0.1) is 0 Å². The van der Waals surface area contributed by atoms with Gasteiger partial charge in [0.2, 0.25) is 0 Å². The maximum atomic E-state index is 11.5. The molecular formula is C9H16N2O3. The summed E-state index contributed by atoms with van der Waals surface area (Å²) in [5.74, 6) is -1.02. The first-order chi connectivity index (χ1) is 6.43. The number of amides is 2. The molecule has 0 aliphatic carbocycles. The Balaban J connectivity index is 2.51. The van der Waals surface area contributed by atoms with Crippen LogP contribution in [0.3, 0.4) is 0 Å². The summed E-state index contributed by atoms with van der Waals surface area (Å²) in [6, 6.07) is -0.282. The van der Waals surface area contributed by atoms with E-state index in [1.807, 2.05) is 0 Å². The summed E-state index contributed by atoms with van der Waals surface area (Å²) in [6.07, 6.45) is 2.00. The van der Waals surface area contributed by atoms with Crippen molar-refractivity contribution < 1.29 is 14.7 Å². The van der Waals surface area contributed by atoms with Crippen molar-refractivity contribution in [3.8, 4) is 0 Å². The van der Waals surface area contributed by atoms with Gasteiger partial charge in [0.1, 0.15) is 5.54 Å². The van der Waals surface area contributed by atoms with Gasteiger partial charge in [-0.25, -0.2) is 9.59 Å². The fourth-order valence-electron chi connectivity index (χ4n) is 1.32. The van der Waals surface area contributed by atoms with Crippen LogP contribution in [-0.2, 0) is 4.79 Å². The maximum absolute atomic E-state index is 11.5. The number of aliphatic carboxylic acids is 1. The Morgan fingerprint density at radius 3 is 2.21 bits per heavy atom. The van der Waals surface area contributed by atoms with Crippen LogP contribution >= 0.6 is 0 Å². The SMILES string of the molecule is CC(C)(NC(=O)N1CCCC1)C(=O)O. The van der Waals surface area contributed by atoms with E-state index in [1.165, 1.54) is 13.8 Å². The molecule has 2 N–H and O–H groups in total. The fraction of sp³-hybridized carbons (Fsp3) is 0.778. The summed E-state index contributed by atoms with van der Waals surface area (Å²) in [4.78, 5) is 23.9. The van der Waals surface area contributed by atoms with E-state index in [0.717, 1.165) is 25.9 Å². The van der Waals surface area contributed by atoms with Crippen LogP contribution in [0.15, 0.2) is 0 Å². The third-order valence-electron chi connectivity index (χ3n) is 2.35. The van der Waals surface area contributed by atoms with Gasteiger partial charge in [-0.15, -0.1) is 0 Å². The normalized spacial score (nSPS) is 16.9. The molecule has 0 aromatic heterocycles. The molecule has 80 valence electrons. The summed E-state index contributed by atoms with van der Waals surface area (Å²) in [7, 11) is 0. The molecule has 0 saturated carbocycles. The van der Waals surface area contributed by atoms with Crippen molar-refractivity contribution in [2.45, 2.75) is 32.2 Å². The van der Waals surface area contributed by atoms with E-state index in [1.54, 1.807) is 4.90 Å². The molecule has 0 radical (unpaired) electrons. The van der Waals surface area contributed by atoms with Crippen LogP contribution in [0.5, 0.6) is 0 Å². The Morgan fingerprint density at radius 2 is 1.79 bits per heavy atom. The molecule has 1 aliphatic heterocycles. The second-order valence-electron chi connectivity index (χ2n) is 4.05. The van der Waals surface area contributed by atoms with Crippen molar-refractivity contribution in [2.75, 3.05) is 13.1 Å². The maximum Gasteiger partial charge on any atom is 0.328 e. The van der Waals surface area contributed by atoms with Gasteiger partial charge in [-0.05, 0) is 26.7 Å². The molecular weight excluding hydrogens is 184 g/mol. The van der Waals surface area contributed by atoms with Crippen molar-refractivity contribution in [1.82, 2.24) is 10.2 Å². The Labute approximate surface area is 83.1 Å². The van der Waals surface area contributed by atoms with Crippen LogP contribution in [0.1, 0.15) is 26.7 Å². The third kappa shape index (κ3) is 2.37. The number of carboxylic acids is 1. The van der Waals surface area contributed by atoms with Gasteiger partial charge >= 0.3 is 12.0 Å². The lowest BCUT2D eigenvalue weighted by atomic mass is 10.1. The van der Waals surface area contributed by atoms with Crippen LogP contribution in [0.4, 0.5) is 4.79 Å². The Bertz CT molecular complexity index is 244. The topological polar surface area (TPSA) is 69.6 Å². The average Bonchev–Trinajstić information content (AvgIpc) is 2.54. The average molecular weight is 200 g/mol. The number of urea groups is 1. The zero-order valence-corrected chi connectivity index (χ0v) is 8.54. The third-order valence-corrected chi connectivity index (χ3v) is 2.35. The summed E-state index contributed by atoms with van der Waals surface area (Å²) < 4.78 is 0. The summed E-state index contributed by atoms with van der Waals surface area (Å²) in [6.45, 7) is 4.40.